The van der Waals surface area contributed by atoms with E-state index in [1.54, 1.807) is 28.8 Å². The zero-order chi connectivity index (χ0) is 27.6. The van der Waals surface area contributed by atoms with E-state index in [0.29, 0.717) is 32.5 Å². The molecule has 4 fully saturated rings. The second-order valence-corrected chi connectivity index (χ2v) is 14.0. The molecule has 38 heavy (non-hydrogen) atoms. The predicted octanol–water partition coefficient (Wildman–Crippen LogP) is 3.99. The van der Waals surface area contributed by atoms with Gasteiger partial charge in [-0.15, -0.1) is 24.9 Å². The molecule has 3 unspecified atom stereocenters. The van der Waals surface area contributed by atoms with Crippen molar-refractivity contribution in [3.8, 4) is 0 Å². The van der Waals surface area contributed by atoms with Gasteiger partial charge >= 0.3 is 0 Å². The van der Waals surface area contributed by atoms with E-state index in [9.17, 15) is 19.5 Å². The Labute approximate surface area is 240 Å². The number of nitrogens with zero attached hydrogens (tertiary/aromatic N) is 3. The van der Waals surface area contributed by atoms with E-state index >= 15 is 0 Å². The maximum absolute atomic E-state index is 14.6. The van der Waals surface area contributed by atoms with E-state index in [-0.39, 0.29) is 40.4 Å². The van der Waals surface area contributed by atoms with Crippen molar-refractivity contribution in [2.75, 3.05) is 26.2 Å². The Kier molecular flexibility index (Phi) is 9.73. The van der Waals surface area contributed by atoms with Crippen molar-refractivity contribution in [3.05, 3.63) is 25.3 Å². The molecule has 4 aliphatic rings. The molecule has 3 aliphatic heterocycles. The highest BCUT2D eigenvalue weighted by Crippen LogP contribution is 2.68. The molecule has 1 N–H and O–H groups in total. The van der Waals surface area contributed by atoms with Crippen LogP contribution < -0.4 is 0 Å². The maximum atomic E-state index is 14.6. The number of carbonyl (C=O) groups excluding carboxylic acids is 3. The molecular weight excluding hydrogens is 566 g/mol. The van der Waals surface area contributed by atoms with Gasteiger partial charge in [0, 0.05) is 35.8 Å². The van der Waals surface area contributed by atoms with Crippen LogP contribution in [-0.2, 0) is 14.4 Å². The molecule has 212 valence electrons. The molecule has 3 saturated heterocycles. The first-order valence-electron chi connectivity index (χ1n) is 14.4. The standard InChI is InChI=1S/C29H44BrN3O4S/c1-5-14-31(15-6-2)26(35)22-23-27(36)33(19(8-4)18-34)25(29(23)17-21(30)24(22)38-29)28(37)32(16-7-3)20-12-10-9-11-13-20/h5,7,19-25,34H,1,3,6,8-18H2,2,4H3/t19-,21?,22+,23-,24+,25?,29?/m0/s1. The quantitative estimate of drug-likeness (QED) is 0.267. The highest BCUT2D eigenvalue weighted by Gasteiger charge is 2.76. The molecule has 7 atom stereocenters. The van der Waals surface area contributed by atoms with E-state index < -0.39 is 28.7 Å². The van der Waals surface area contributed by atoms with Gasteiger partial charge in [-0.05, 0) is 32.1 Å². The molecule has 1 aliphatic carbocycles. The number of likely N-dealkylation sites (tertiary alicyclic amines) is 1. The third-order valence-corrected chi connectivity index (χ3v) is 12.3. The Balaban J connectivity index is 1.78. The van der Waals surface area contributed by atoms with Crippen LogP contribution in [-0.4, -0.2) is 96.7 Å². The lowest BCUT2D eigenvalue weighted by atomic mass is 9.70. The Morgan fingerprint density at radius 1 is 1.18 bits per heavy atom. The maximum Gasteiger partial charge on any atom is 0.247 e. The van der Waals surface area contributed by atoms with Crippen molar-refractivity contribution in [1.82, 2.24) is 14.7 Å². The number of aliphatic hydroxyl groups is 1. The molecule has 4 rings (SSSR count). The third-order valence-electron chi connectivity index (χ3n) is 9.10. The largest absolute Gasteiger partial charge is 0.394 e. The van der Waals surface area contributed by atoms with E-state index in [4.69, 9.17) is 0 Å². The number of aliphatic hydroxyl groups excluding tert-OH is 1. The molecular formula is C29H44BrN3O4S. The molecule has 1 saturated carbocycles. The number of fused-ring (bicyclic) bond motifs is 1. The number of hydrogen-bond acceptors (Lipinski definition) is 5. The zero-order valence-electron chi connectivity index (χ0n) is 22.9. The minimum Gasteiger partial charge on any atom is -0.394 e. The van der Waals surface area contributed by atoms with Gasteiger partial charge in [-0.3, -0.25) is 14.4 Å². The second kappa shape index (κ2) is 12.5. The van der Waals surface area contributed by atoms with E-state index in [2.05, 4.69) is 29.1 Å². The van der Waals surface area contributed by atoms with Gasteiger partial charge in [0.1, 0.15) is 6.04 Å². The van der Waals surface area contributed by atoms with Crippen LogP contribution >= 0.6 is 27.7 Å². The minimum atomic E-state index is -0.703. The normalized spacial score (nSPS) is 33.2. The van der Waals surface area contributed by atoms with Crippen molar-refractivity contribution in [3.63, 3.8) is 0 Å². The van der Waals surface area contributed by atoms with Gasteiger partial charge in [-0.25, -0.2) is 0 Å². The van der Waals surface area contributed by atoms with Crippen LogP contribution in [0.25, 0.3) is 0 Å². The van der Waals surface area contributed by atoms with Crippen LogP contribution in [0.5, 0.6) is 0 Å². The monoisotopic (exact) mass is 609 g/mol. The average molecular weight is 611 g/mol. The average Bonchev–Trinajstić information content (AvgIpc) is 3.51. The number of halogens is 1. The van der Waals surface area contributed by atoms with Gasteiger partial charge in [0.25, 0.3) is 0 Å². The summed E-state index contributed by atoms with van der Waals surface area (Å²) < 4.78 is -0.698. The number of rotatable bonds is 12. The summed E-state index contributed by atoms with van der Waals surface area (Å²) >= 11 is 5.54. The molecule has 0 aromatic heterocycles. The Hall–Kier alpha value is -1.32. The molecule has 9 heteroatoms. The summed E-state index contributed by atoms with van der Waals surface area (Å²) in [5, 5.41) is 10.3. The number of hydrogen-bond donors (Lipinski definition) is 1. The molecule has 0 aromatic rings. The topological polar surface area (TPSA) is 81.2 Å². The second-order valence-electron chi connectivity index (χ2n) is 11.3. The van der Waals surface area contributed by atoms with Crippen LogP contribution in [0.1, 0.15) is 65.2 Å². The Morgan fingerprint density at radius 3 is 2.45 bits per heavy atom. The summed E-state index contributed by atoms with van der Waals surface area (Å²) in [7, 11) is 0. The first-order chi connectivity index (χ1) is 18.3. The third kappa shape index (κ3) is 4.89. The lowest BCUT2D eigenvalue weighted by Crippen LogP contribution is -2.59. The van der Waals surface area contributed by atoms with Crippen molar-refractivity contribution < 1.29 is 19.5 Å². The highest BCUT2D eigenvalue weighted by molar-refractivity contribution is 9.09. The molecule has 2 bridgehead atoms. The smallest absolute Gasteiger partial charge is 0.247 e. The summed E-state index contributed by atoms with van der Waals surface area (Å²) in [6.07, 6.45) is 10.8. The number of amides is 3. The van der Waals surface area contributed by atoms with Crippen molar-refractivity contribution >= 4 is 45.4 Å². The summed E-state index contributed by atoms with van der Waals surface area (Å²) in [6.45, 7) is 13.0. The molecule has 3 heterocycles. The minimum absolute atomic E-state index is 0.0195. The van der Waals surface area contributed by atoms with Gasteiger partial charge in [-0.1, -0.05) is 61.2 Å². The van der Waals surface area contributed by atoms with Crippen molar-refractivity contribution in [2.24, 2.45) is 11.8 Å². The van der Waals surface area contributed by atoms with Gasteiger partial charge in [0.2, 0.25) is 17.7 Å². The molecule has 7 nitrogen and oxygen atoms in total. The van der Waals surface area contributed by atoms with E-state index in [1.165, 1.54) is 6.42 Å². The highest BCUT2D eigenvalue weighted by atomic mass is 79.9. The fourth-order valence-electron chi connectivity index (χ4n) is 7.47. The molecule has 1 spiro atoms. The predicted molar refractivity (Wildman–Crippen MR) is 156 cm³/mol. The van der Waals surface area contributed by atoms with Crippen LogP contribution in [0, 0.1) is 11.8 Å². The SMILES string of the molecule is C=CCN(CCC)C(=O)[C@H]1[C@@H]2SC3(CC2Br)C(C(=O)N(CC=C)C2CCCCC2)N([C@@H](CC)CO)C(=O)[C@H]13. The Morgan fingerprint density at radius 2 is 1.87 bits per heavy atom. The molecule has 0 radical (unpaired) electrons. The first-order valence-corrected chi connectivity index (χ1v) is 16.2. The van der Waals surface area contributed by atoms with Crippen LogP contribution in [0.2, 0.25) is 0 Å². The number of carbonyl (C=O) groups is 3. The lowest BCUT2D eigenvalue weighted by Gasteiger charge is -2.42. The number of alkyl halides is 1. The summed E-state index contributed by atoms with van der Waals surface area (Å²) in [5.41, 5.74) is 0. The van der Waals surface area contributed by atoms with Crippen LogP contribution in [0.3, 0.4) is 0 Å². The van der Waals surface area contributed by atoms with Gasteiger partial charge in [-0.2, -0.15) is 0 Å². The Bertz CT molecular complexity index is 923. The number of thioether (sulfide) groups is 1. The van der Waals surface area contributed by atoms with Gasteiger partial charge in [0.05, 0.1) is 29.2 Å². The fraction of sp³-hybridized carbons (Fsp3) is 0.759. The summed E-state index contributed by atoms with van der Waals surface area (Å²) in [4.78, 5) is 48.5. The first kappa shape index (κ1) is 29.7. The lowest BCUT2D eigenvalue weighted by molar-refractivity contribution is -0.148. The zero-order valence-corrected chi connectivity index (χ0v) is 25.3. The summed E-state index contributed by atoms with van der Waals surface area (Å²) in [6, 6.07) is -1.03. The van der Waals surface area contributed by atoms with Gasteiger partial charge in [0.15, 0.2) is 0 Å². The fourth-order valence-corrected chi connectivity index (χ4v) is 11.1. The summed E-state index contributed by atoms with van der Waals surface area (Å²) in [5.74, 6) is -1.29. The molecule has 3 amide bonds. The van der Waals surface area contributed by atoms with Crippen LogP contribution in [0.15, 0.2) is 25.3 Å². The van der Waals surface area contributed by atoms with Crippen LogP contribution in [0.4, 0.5) is 0 Å². The van der Waals surface area contributed by atoms with Crippen molar-refractivity contribution in [2.45, 2.75) is 98.2 Å². The molecule has 0 aromatic carbocycles. The van der Waals surface area contributed by atoms with Crippen molar-refractivity contribution in [1.29, 1.82) is 0 Å². The van der Waals surface area contributed by atoms with E-state index in [1.807, 2.05) is 23.6 Å². The van der Waals surface area contributed by atoms with Gasteiger partial charge < -0.3 is 19.8 Å². The van der Waals surface area contributed by atoms with E-state index in [0.717, 1.165) is 32.1 Å².